The molecule has 24 heavy (non-hydrogen) atoms. The molecule has 0 saturated carbocycles. The number of likely N-dealkylation sites (N-methyl/N-ethyl adjacent to an activating group) is 1. The van der Waals surface area contributed by atoms with Crippen LogP contribution in [0.4, 0.5) is 0 Å². The summed E-state index contributed by atoms with van der Waals surface area (Å²) in [6, 6.07) is 6.52. The Morgan fingerprint density at radius 3 is 2.83 bits per heavy atom. The minimum absolute atomic E-state index is 0.0784. The van der Waals surface area contributed by atoms with E-state index in [0.29, 0.717) is 6.04 Å². The summed E-state index contributed by atoms with van der Waals surface area (Å²) >= 11 is 0. The third-order valence-electron chi connectivity index (χ3n) is 5.55. The van der Waals surface area contributed by atoms with Gasteiger partial charge < -0.3 is 13.6 Å². The molecule has 1 spiro atoms. The summed E-state index contributed by atoms with van der Waals surface area (Å²) in [4.78, 5) is 4.87. The van der Waals surface area contributed by atoms with Crippen LogP contribution in [0.3, 0.4) is 0 Å². The van der Waals surface area contributed by atoms with Crippen LogP contribution in [0.25, 0.3) is 0 Å². The van der Waals surface area contributed by atoms with Crippen molar-refractivity contribution in [3.05, 3.63) is 48.3 Å². The van der Waals surface area contributed by atoms with Gasteiger partial charge >= 0.3 is 0 Å². The Hall–Kier alpha value is -1.56. The minimum atomic E-state index is 0.0784. The van der Waals surface area contributed by atoms with Crippen LogP contribution in [-0.2, 0) is 17.8 Å². The average molecular weight is 330 g/mol. The third kappa shape index (κ3) is 3.43. The summed E-state index contributed by atoms with van der Waals surface area (Å²) in [5, 5.41) is 0. The van der Waals surface area contributed by atoms with Gasteiger partial charge in [-0.1, -0.05) is 0 Å². The molecule has 2 aliphatic heterocycles. The lowest BCUT2D eigenvalue weighted by Crippen LogP contribution is -2.44. The lowest BCUT2D eigenvalue weighted by atomic mass is 9.87. The lowest BCUT2D eigenvalue weighted by molar-refractivity contribution is -0.0452. The maximum absolute atomic E-state index is 6.30. The Kier molecular flexibility index (Phi) is 4.48. The van der Waals surface area contributed by atoms with Crippen LogP contribution in [-0.4, -0.2) is 48.2 Å². The normalized spacial score (nSPS) is 24.2. The molecule has 0 aromatic carbocycles. The Morgan fingerprint density at radius 1 is 1.25 bits per heavy atom. The molecule has 0 bridgehead atoms. The minimum Gasteiger partial charge on any atom is -0.472 e. The van der Waals surface area contributed by atoms with Gasteiger partial charge in [0.2, 0.25) is 0 Å². The molecule has 2 fully saturated rings. The average Bonchev–Trinajstić information content (AvgIpc) is 3.33. The molecule has 4 heterocycles. The molecule has 2 saturated heterocycles. The molecular formula is C19H26N2O3. The number of likely N-dealkylation sites (tertiary alicyclic amines) is 1. The molecule has 5 heteroatoms. The zero-order valence-corrected chi connectivity index (χ0v) is 14.3. The predicted octanol–water partition coefficient (Wildman–Crippen LogP) is 3.13. The summed E-state index contributed by atoms with van der Waals surface area (Å²) in [5.74, 6) is 1.02. The lowest BCUT2D eigenvalue weighted by Gasteiger charge is -2.38. The molecule has 1 atom stereocenters. The first kappa shape index (κ1) is 15.9. The molecular weight excluding hydrogens is 304 g/mol. The largest absolute Gasteiger partial charge is 0.472 e. The Morgan fingerprint density at radius 2 is 2.12 bits per heavy atom. The van der Waals surface area contributed by atoms with Crippen molar-refractivity contribution in [2.75, 3.05) is 26.7 Å². The van der Waals surface area contributed by atoms with E-state index in [1.54, 1.807) is 12.5 Å². The molecule has 5 nitrogen and oxygen atoms in total. The molecule has 2 aliphatic rings. The molecule has 2 aromatic heterocycles. The van der Waals surface area contributed by atoms with E-state index in [-0.39, 0.29) is 5.60 Å². The first-order valence-corrected chi connectivity index (χ1v) is 8.82. The number of hydrogen-bond acceptors (Lipinski definition) is 5. The van der Waals surface area contributed by atoms with Crippen molar-refractivity contribution in [3.8, 4) is 0 Å². The topological polar surface area (TPSA) is 42.0 Å². The van der Waals surface area contributed by atoms with Crippen molar-refractivity contribution in [1.82, 2.24) is 9.80 Å². The quantitative estimate of drug-likeness (QED) is 0.842. The summed E-state index contributed by atoms with van der Waals surface area (Å²) in [6.07, 6.45) is 8.71. The number of rotatable bonds is 5. The molecule has 0 N–H and O–H groups in total. The van der Waals surface area contributed by atoms with Gasteiger partial charge in [0.1, 0.15) is 5.76 Å². The van der Waals surface area contributed by atoms with Crippen molar-refractivity contribution in [2.45, 2.75) is 44.0 Å². The molecule has 130 valence electrons. The molecule has 0 aliphatic carbocycles. The maximum atomic E-state index is 6.30. The molecule has 0 radical (unpaired) electrons. The van der Waals surface area contributed by atoms with Crippen LogP contribution < -0.4 is 0 Å². The van der Waals surface area contributed by atoms with Gasteiger partial charge in [-0.15, -0.1) is 0 Å². The van der Waals surface area contributed by atoms with Crippen LogP contribution >= 0.6 is 0 Å². The SMILES string of the molecule is CN(Cc1ccco1)C1COC2(CCN(Cc3ccoc3)CC2)C1. The highest BCUT2D eigenvalue weighted by Crippen LogP contribution is 2.38. The van der Waals surface area contributed by atoms with E-state index in [4.69, 9.17) is 13.6 Å². The summed E-state index contributed by atoms with van der Waals surface area (Å²) < 4.78 is 16.9. The smallest absolute Gasteiger partial charge is 0.117 e. The predicted molar refractivity (Wildman–Crippen MR) is 90.5 cm³/mol. The van der Waals surface area contributed by atoms with E-state index in [0.717, 1.165) is 57.8 Å². The number of nitrogens with zero attached hydrogens (tertiary/aromatic N) is 2. The maximum Gasteiger partial charge on any atom is 0.117 e. The highest BCUT2D eigenvalue weighted by atomic mass is 16.5. The van der Waals surface area contributed by atoms with Crippen molar-refractivity contribution in [1.29, 1.82) is 0 Å². The first-order valence-electron chi connectivity index (χ1n) is 8.82. The van der Waals surface area contributed by atoms with Crippen molar-refractivity contribution >= 4 is 0 Å². The van der Waals surface area contributed by atoms with Crippen LogP contribution in [0.2, 0.25) is 0 Å². The van der Waals surface area contributed by atoms with Crippen LogP contribution in [0.5, 0.6) is 0 Å². The Bertz CT molecular complexity index is 615. The Balaban J connectivity index is 1.28. The third-order valence-corrected chi connectivity index (χ3v) is 5.55. The fourth-order valence-electron chi connectivity index (χ4n) is 3.99. The van der Waals surface area contributed by atoms with Gasteiger partial charge in [0, 0.05) is 31.2 Å². The van der Waals surface area contributed by atoms with E-state index in [1.807, 2.05) is 18.4 Å². The van der Waals surface area contributed by atoms with E-state index in [9.17, 15) is 0 Å². The van der Waals surface area contributed by atoms with Crippen molar-refractivity contribution in [2.24, 2.45) is 0 Å². The molecule has 0 amide bonds. The summed E-state index contributed by atoms with van der Waals surface area (Å²) in [6.45, 7) is 4.86. The van der Waals surface area contributed by atoms with Crippen LogP contribution in [0, 0.1) is 0 Å². The number of hydrogen-bond donors (Lipinski definition) is 0. The molecule has 1 unspecified atom stereocenters. The van der Waals surface area contributed by atoms with Crippen LogP contribution in [0.1, 0.15) is 30.6 Å². The zero-order valence-electron chi connectivity index (χ0n) is 14.3. The second-order valence-corrected chi connectivity index (χ2v) is 7.25. The second-order valence-electron chi connectivity index (χ2n) is 7.25. The standard InChI is InChI=1S/C19H26N2O3/c1-20(13-18-3-2-9-23-18)17-11-19(24-15-17)5-7-21(8-6-19)12-16-4-10-22-14-16/h2-4,9-10,14,17H,5-8,11-13,15H2,1H3. The van der Waals surface area contributed by atoms with Gasteiger partial charge in [0.15, 0.2) is 0 Å². The van der Waals surface area contributed by atoms with Crippen molar-refractivity contribution < 1.29 is 13.6 Å². The number of piperidine rings is 1. The van der Waals surface area contributed by atoms with Gasteiger partial charge in [-0.3, -0.25) is 9.80 Å². The Labute approximate surface area is 143 Å². The highest BCUT2D eigenvalue weighted by molar-refractivity contribution is 5.06. The summed E-state index contributed by atoms with van der Waals surface area (Å²) in [7, 11) is 2.17. The van der Waals surface area contributed by atoms with E-state index < -0.39 is 0 Å². The van der Waals surface area contributed by atoms with E-state index in [2.05, 4.69) is 22.9 Å². The second kappa shape index (κ2) is 6.75. The van der Waals surface area contributed by atoms with Gasteiger partial charge in [-0.25, -0.2) is 0 Å². The zero-order chi connectivity index (χ0) is 16.4. The van der Waals surface area contributed by atoms with Gasteiger partial charge in [-0.05, 0) is 44.5 Å². The molecule has 2 aromatic rings. The van der Waals surface area contributed by atoms with Gasteiger partial charge in [0.05, 0.1) is 37.5 Å². The fourth-order valence-corrected chi connectivity index (χ4v) is 3.99. The van der Waals surface area contributed by atoms with Gasteiger partial charge in [-0.2, -0.15) is 0 Å². The van der Waals surface area contributed by atoms with E-state index >= 15 is 0 Å². The monoisotopic (exact) mass is 330 g/mol. The fraction of sp³-hybridized carbons (Fsp3) is 0.579. The summed E-state index contributed by atoms with van der Waals surface area (Å²) in [5.41, 5.74) is 1.34. The van der Waals surface area contributed by atoms with Crippen molar-refractivity contribution in [3.63, 3.8) is 0 Å². The number of ether oxygens (including phenoxy) is 1. The molecule has 4 rings (SSSR count). The van der Waals surface area contributed by atoms with E-state index in [1.165, 1.54) is 5.56 Å². The highest BCUT2D eigenvalue weighted by Gasteiger charge is 2.43. The first-order chi connectivity index (χ1) is 11.7. The number of furan rings is 2. The van der Waals surface area contributed by atoms with Crippen LogP contribution in [0.15, 0.2) is 45.8 Å². The van der Waals surface area contributed by atoms with Gasteiger partial charge in [0.25, 0.3) is 0 Å².